The third-order valence-corrected chi connectivity index (χ3v) is 2.31. The molecule has 0 N–H and O–H groups in total. The van der Waals surface area contributed by atoms with Gasteiger partial charge in [-0.25, -0.2) is 0 Å². The van der Waals surface area contributed by atoms with Gasteiger partial charge in [0.25, 0.3) is 5.91 Å². The topological polar surface area (TPSA) is 20.3 Å². The molecule has 1 aliphatic rings. The van der Waals surface area contributed by atoms with Crippen LogP contribution in [0.25, 0.3) is 0 Å². The predicted octanol–water partition coefficient (Wildman–Crippen LogP) is 2.34. The first kappa shape index (κ1) is 10.8. The minimum Gasteiger partial charge on any atom is -0.341 e. The lowest BCUT2D eigenvalue weighted by molar-refractivity contribution is 0.0781. The highest BCUT2D eigenvalue weighted by Gasteiger charge is 2.19. The van der Waals surface area contributed by atoms with Crippen molar-refractivity contribution in [3.63, 3.8) is 0 Å². The molecule has 0 saturated carbocycles. The molecular weight excluding hydrogens is 174 g/mol. The molecule has 2 heteroatoms. The monoisotopic (exact) mass is 191 g/mol. The van der Waals surface area contributed by atoms with Crippen molar-refractivity contribution in [1.29, 1.82) is 0 Å². The summed E-state index contributed by atoms with van der Waals surface area (Å²) in [5.41, 5.74) is 2.05. The standard InChI is InChI=1S/C10H11NO.C2H6/c1-11-7-6-8-4-2-3-5-9(8)10(11)12;1-2/h2-5H,6-7H2,1H3;1-2H3. The van der Waals surface area contributed by atoms with Crippen LogP contribution in [0.4, 0.5) is 0 Å². The minimum absolute atomic E-state index is 0.150. The number of nitrogens with zero attached hydrogens (tertiary/aromatic N) is 1. The number of amides is 1. The summed E-state index contributed by atoms with van der Waals surface area (Å²) in [7, 11) is 1.85. The quantitative estimate of drug-likeness (QED) is 0.616. The van der Waals surface area contributed by atoms with Crippen LogP contribution in [0.2, 0.25) is 0 Å². The number of hydrogen-bond acceptors (Lipinski definition) is 1. The number of likely N-dealkylation sites (N-methyl/N-ethyl adjacent to an activating group) is 1. The molecule has 0 spiro atoms. The van der Waals surface area contributed by atoms with Crippen molar-refractivity contribution in [2.45, 2.75) is 20.3 Å². The Hall–Kier alpha value is -1.31. The number of benzene rings is 1. The van der Waals surface area contributed by atoms with Crippen molar-refractivity contribution in [3.05, 3.63) is 35.4 Å². The summed E-state index contributed by atoms with van der Waals surface area (Å²) in [6, 6.07) is 7.82. The fraction of sp³-hybridized carbons (Fsp3) is 0.417. The summed E-state index contributed by atoms with van der Waals surface area (Å²) in [5.74, 6) is 0.150. The first-order valence-corrected chi connectivity index (χ1v) is 5.12. The van der Waals surface area contributed by atoms with Crippen LogP contribution in [-0.4, -0.2) is 24.4 Å². The van der Waals surface area contributed by atoms with Crippen LogP contribution in [0.1, 0.15) is 29.8 Å². The van der Waals surface area contributed by atoms with Crippen molar-refractivity contribution in [2.75, 3.05) is 13.6 Å². The third kappa shape index (κ3) is 1.95. The van der Waals surface area contributed by atoms with E-state index in [1.165, 1.54) is 5.56 Å². The zero-order chi connectivity index (χ0) is 10.6. The lowest BCUT2D eigenvalue weighted by Crippen LogP contribution is -2.33. The largest absolute Gasteiger partial charge is 0.341 e. The number of carbonyl (C=O) groups excluding carboxylic acids is 1. The van der Waals surface area contributed by atoms with E-state index in [4.69, 9.17) is 0 Å². The maximum Gasteiger partial charge on any atom is 0.253 e. The molecule has 0 saturated heterocycles. The first-order valence-electron chi connectivity index (χ1n) is 5.12. The van der Waals surface area contributed by atoms with Crippen LogP contribution in [0.5, 0.6) is 0 Å². The Morgan fingerprint density at radius 1 is 1.21 bits per heavy atom. The minimum atomic E-state index is 0.150. The molecule has 1 amide bonds. The smallest absolute Gasteiger partial charge is 0.253 e. The molecule has 1 heterocycles. The molecule has 2 rings (SSSR count). The second kappa shape index (κ2) is 4.80. The highest BCUT2D eigenvalue weighted by atomic mass is 16.2. The van der Waals surface area contributed by atoms with Crippen LogP contribution >= 0.6 is 0 Å². The Balaban J connectivity index is 0.000000461. The second-order valence-electron chi connectivity index (χ2n) is 3.13. The van der Waals surface area contributed by atoms with Gasteiger partial charge in [0.2, 0.25) is 0 Å². The zero-order valence-electron chi connectivity index (χ0n) is 9.08. The van der Waals surface area contributed by atoms with Crippen LogP contribution in [0.3, 0.4) is 0 Å². The molecule has 1 aromatic carbocycles. The van der Waals surface area contributed by atoms with Crippen molar-refractivity contribution in [2.24, 2.45) is 0 Å². The molecule has 14 heavy (non-hydrogen) atoms. The van der Waals surface area contributed by atoms with E-state index in [0.29, 0.717) is 0 Å². The van der Waals surface area contributed by atoms with E-state index in [9.17, 15) is 4.79 Å². The summed E-state index contributed by atoms with van der Waals surface area (Å²) >= 11 is 0. The maximum absolute atomic E-state index is 11.5. The molecule has 0 atom stereocenters. The van der Waals surface area contributed by atoms with E-state index < -0.39 is 0 Å². The second-order valence-corrected chi connectivity index (χ2v) is 3.13. The zero-order valence-corrected chi connectivity index (χ0v) is 9.08. The van der Waals surface area contributed by atoms with Gasteiger partial charge in [0, 0.05) is 19.2 Å². The van der Waals surface area contributed by atoms with Gasteiger partial charge < -0.3 is 4.90 Å². The lowest BCUT2D eigenvalue weighted by Gasteiger charge is -2.24. The molecule has 0 aliphatic carbocycles. The lowest BCUT2D eigenvalue weighted by atomic mass is 10.00. The van der Waals surface area contributed by atoms with Gasteiger partial charge in [-0.05, 0) is 18.1 Å². The van der Waals surface area contributed by atoms with Crippen molar-refractivity contribution in [3.8, 4) is 0 Å². The Labute approximate surface area is 85.5 Å². The average molecular weight is 191 g/mol. The number of hydrogen-bond donors (Lipinski definition) is 0. The molecule has 1 aromatic rings. The number of carbonyl (C=O) groups is 1. The van der Waals surface area contributed by atoms with Gasteiger partial charge in [-0.1, -0.05) is 32.0 Å². The molecule has 76 valence electrons. The van der Waals surface area contributed by atoms with E-state index in [2.05, 4.69) is 0 Å². The van der Waals surface area contributed by atoms with E-state index in [1.807, 2.05) is 45.2 Å². The molecule has 0 fully saturated rings. The predicted molar refractivity (Wildman–Crippen MR) is 58.5 cm³/mol. The third-order valence-electron chi connectivity index (χ3n) is 2.31. The molecular formula is C12H17NO. The molecule has 0 bridgehead atoms. The Morgan fingerprint density at radius 3 is 2.57 bits per heavy atom. The highest BCUT2D eigenvalue weighted by molar-refractivity contribution is 5.96. The summed E-state index contributed by atoms with van der Waals surface area (Å²) in [4.78, 5) is 13.3. The van der Waals surface area contributed by atoms with E-state index in [0.717, 1.165) is 18.5 Å². The Bertz CT molecular complexity index is 320. The van der Waals surface area contributed by atoms with E-state index >= 15 is 0 Å². The Kier molecular flexibility index (Phi) is 3.69. The molecule has 2 nitrogen and oxygen atoms in total. The van der Waals surface area contributed by atoms with Gasteiger partial charge in [-0.3, -0.25) is 4.79 Å². The number of fused-ring (bicyclic) bond motifs is 1. The van der Waals surface area contributed by atoms with Gasteiger partial charge >= 0.3 is 0 Å². The average Bonchev–Trinajstić information content (AvgIpc) is 2.27. The molecule has 0 aromatic heterocycles. The molecule has 1 aliphatic heterocycles. The summed E-state index contributed by atoms with van der Waals surface area (Å²) in [6.07, 6.45) is 0.985. The van der Waals surface area contributed by atoms with Gasteiger partial charge in [0.1, 0.15) is 0 Å². The summed E-state index contributed by atoms with van der Waals surface area (Å²) in [6.45, 7) is 4.84. The van der Waals surface area contributed by atoms with Crippen LogP contribution in [0, 0.1) is 0 Å². The fourth-order valence-electron chi connectivity index (χ4n) is 1.54. The molecule has 0 radical (unpaired) electrons. The van der Waals surface area contributed by atoms with Gasteiger partial charge in [0.15, 0.2) is 0 Å². The summed E-state index contributed by atoms with van der Waals surface area (Å²) < 4.78 is 0. The fourth-order valence-corrected chi connectivity index (χ4v) is 1.54. The van der Waals surface area contributed by atoms with Crippen LogP contribution < -0.4 is 0 Å². The Morgan fingerprint density at radius 2 is 1.86 bits per heavy atom. The van der Waals surface area contributed by atoms with Crippen molar-refractivity contribution in [1.82, 2.24) is 4.90 Å². The molecule has 0 unspecified atom stereocenters. The van der Waals surface area contributed by atoms with Crippen LogP contribution in [0.15, 0.2) is 24.3 Å². The van der Waals surface area contributed by atoms with Crippen LogP contribution in [-0.2, 0) is 6.42 Å². The van der Waals surface area contributed by atoms with Crippen molar-refractivity contribution < 1.29 is 4.79 Å². The van der Waals surface area contributed by atoms with E-state index in [1.54, 1.807) is 4.90 Å². The van der Waals surface area contributed by atoms with E-state index in [-0.39, 0.29) is 5.91 Å². The van der Waals surface area contributed by atoms with Gasteiger partial charge in [-0.2, -0.15) is 0 Å². The van der Waals surface area contributed by atoms with Gasteiger partial charge in [0.05, 0.1) is 0 Å². The van der Waals surface area contributed by atoms with Gasteiger partial charge in [-0.15, -0.1) is 0 Å². The maximum atomic E-state index is 11.5. The first-order chi connectivity index (χ1) is 6.79. The highest BCUT2D eigenvalue weighted by Crippen LogP contribution is 2.16. The number of rotatable bonds is 0. The van der Waals surface area contributed by atoms with Crippen molar-refractivity contribution >= 4 is 5.91 Å². The normalized spacial score (nSPS) is 14.2. The SMILES string of the molecule is CC.CN1CCc2ccccc2C1=O. The summed E-state index contributed by atoms with van der Waals surface area (Å²) in [5, 5.41) is 0.